The third-order valence-electron chi connectivity index (χ3n) is 4.58. The van der Waals surface area contributed by atoms with E-state index < -0.39 is 0 Å². The van der Waals surface area contributed by atoms with Crippen LogP contribution in [0.3, 0.4) is 0 Å². The van der Waals surface area contributed by atoms with Gasteiger partial charge in [-0.2, -0.15) is 0 Å². The van der Waals surface area contributed by atoms with Crippen molar-refractivity contribution in [3.05, 3.63) is 0 Å². The van der Waals surface area contributed by atoms with Crippen LogP contribution >= 0.6 is 0 Å². The highest BCUT2D eigenvalue weighted by atomic mass is 15.2. The van der Waals surface area contributed by atoms with Gasteiger partial charge in [0.05, 0.1) is 0 Å². The highest BCUT2D eigenvalue weighted by Crippen LogP contribution is 2.31. The van der Waals surface area contributed by atoms with Crippen LogP contribution in [0.5, 0.6) is 0 Å². The van der Waals surface area contributed by atoms with Crippen molar-refractivity contribution in [3.8, 4) is 0 Å². The highest BCUT2D eigenvalue weighted by molar-refractivity contribution is 4.87. The van der Waals surface area contributed by atoms with E-state index in [9.17, 15) is 0 Å². The standard InChI is InChI=1S/C15H32N2/c1-5-14(12(3)4)17(6-2)15-10-8-7-9-13(15)11-16/h12-15H,5-11,16H2,1-4H3. The first kappa shape index (κ1) is 15.0. The maximum Gasteiger partial charge on any atom is 0.0138 e. The number of nitrogens with two attached hydrogens (primary N) is 1. The van der Waals surface area contributed by atoms with E-state index in [1.165, 1.54) is 38.6 Å². The molecule has 1 aliphatic carbocycles. The predicted molar refractivity (Wildman–Crippen MR) is 76.1 cm³/mol. The van der Waals surface area contributed by atoms with E-state index in [-0.39, 0.29) is 0 Å². The van der Waals surface area contributed by atoms with Crippen molar-refractivity contribution in [2.24, 2.45) is 17.6 Å². The number of nitrogens with zero attached hydrogens (tertiary/aromatic N) is 1. The zero-order valence-corrected chi connectivity index (χ0v) is 12.3. The molecule has 0 amide bonds. The van der Waals surface area contributed by atoms with E-state index in [0.29, 0.717) is 0 Å². The van der Waals surface area contributed by atoms with Crippen molar-refractivity contribution in [1.29, 1.82) is 0 Å². The van der Waals surface area contributed by atoms with E-state index in [2.05, 4.69) is 32.6 Å². The normalized spacial score (nSPS) is 27.7. The summed E-state index contributed by atoms with van der Waals surface area (Å²) in [6.07, 6.45) is 6.74. The summed E-state index contributed by atoms with van der Waals surface area (Å²) in [6, 6.07) is 1.48. The third kappa shape index (κ3) is 3.69. The molecule has 0 spiro atoms. The van der Waals surface area contributed by atoms with Crippen molar-refractivity contribution in [2.75, 3.05) is 13.1 Å². The summed E-state index contributed by atoms with van der Waals surface area (Å²) >= 11 is 0. The molecule has 1 aliphatic rings. The second kappa shape index (κ2) is 7.38. The fraction of sp³-hybridized carbons (Fsp3) is 1.00. The quantitative estimate of drug-likeness (QED) is 0.772. The minimum Gasteiger partial charge on any atom is -0.330 e. The van der Waals surface area contributed by atoms with Crippen LogP contribution < -0.4 is 5.73 Å². The van der Waals surface area contributed by atoms with Crippen LogP contribution in [-0.4, -0.2) is 30.1 Å². The molecular formula is C15H32N2. The van der Waals surface area contributed by atoms with Crippen LogP contribution in [0.25, 0.3) is 0 Å². The predicted octanol–water partition coefficient (Wildman–Crippen LogP) is 3.26. The first-order valence-corrected chi connectivity index (χ1v) is 7.61. The Morgan fingerprint density at radius 2 is 1.82 bits per heavy atom. The molecule has 0 aromatic rings. The second-order valence-corrected chi connectivity index (χ2v) is 5.90. The van der Waals surface area contributed by atoms with E-state index in [1.807, 2.05) is 0 Å². The lowest BCUT2D eigenvalue weighted by atomic mass is 9.82. The zero-order valence-electron chi connectivity index (χ0n) is 12.3. The molecule has 1 fully saturated rings. The number of rotatable bonds is 6. The van der Waals surface area contributed by atoms with Gasteiger partial charge < -0.3 is 5.73 Å². The molecular weight excluding hydrogens is 208 g/mol. The molecule has 0 radical (unpaired) electrons. The van der Waals surface area contributed by atoms with Gasteiger partial charge in [-0.1, -0.05) is 40.5 Å². The summed E-state index contributed by atoms with van der Waals surface area (Å²) in [5.41, 5.74) is 5.98. The Morgan fingerprint density at radius 1 is 1.18 bits per heavy atom. The Hall–Kier alpha value is -0.0800. The highest BCUT2D eigenvalue weighted by Gasteiger charge is 2.32. The van der Waals surface area contributed by atoms with Gasteiger partial charge in [-0.15, -0.1) is 0 Å². The van der Waals surface area contributed by atoms with Gasteiger partial charge >= 0.3 is 0 Å². The van der Waals surface area contributed by atoms with Gasteiger partial charge in [-0.25, -0.2) is 0 Å². The Balaban J connectivity index is 2.75. The minimum atomic E-state index is 0.733. The minimum absolute atomic E-state index is 0.733. The molecule has 102 valence electrons. The summed E-state index contributed by atoms with van der Waals surface area (Å²) in [7, 11) is 0. The average molecular weight is 240 g/mol. The van der Waals surface area contributed by atoms with Gasteiger partial charge in [0.15, 0.2) is 0 Å². The van der Waals surface area contributed by atoms with Gasteiger partial charge in [0, 0.05) is 12.1 Å². The number of hydrogen-bond donors (Lipinski definition) is 1. The lowest BCUT2D eigenvalue weighted by Gasteiger charge is -2.44. The maximum absolute atomic E-state index is 5.98. The Labute approximate surface area is 108 Å². The molecule has 2 heteroatoms. The van der Waals surface area contributed by atoms with Crippen LogP contribution in [0, 0.1) is 11.8 Å². The molecule has 1 saturated carbocycles. The summed E-state index contributed by atoms with van der Waals surface area (Å²) < 4.78 is 0. The summed E-state index contributed by atoms with van der Waals surface area (Å²) in [4.78, 5) is 2.75. The molecule has 3 unspecified atom stereocenters. The van der Waals surface area contributed by atoms with Crippen molar-refractivity contribution < 1.29 is 0 Å². The summed E-state index contributed by atoms with van der Waals surface area (Å²) in [5, 5.41) is 0. The van der Waals surface area contributed by atoms with Crippen LogP contribution in [-0.2, 0) is 0 Å². The Bertz CT molecular complexity index is 203. The molecule has 0 aromatic carbocycles. The maximum atomic E-state index is 5.98. The molecule has 3 atom stereocenters. The Morgan fingerprint density at radius 3 is 2.29 bits per heavy atom. The van der Waals surface area contributed by atoms with E-state index in [0.717, 1.165) is 30.5 Å². The number of hydrogen-bond acceptors (Lipinski definition) is 2. The van der Waals surface area contributed by atoms with Gasteiger partial charge in [0.1, 0.15) is 0 Å². The van der Waals surface area contributed by atoms with E-state index in [1.54, 1.807) is 0 Å². The van der Waals surface area contributed by atoms with Crippen LogP contribution in [0.15, 0.2) is 0 Å². The molecule has 0 aliphatic heterocycles. The van der Waals surface area contributed by atoms with E-state index >= 15 is 0 Å². The van der Waals surface area contributed by atoms with E-state index in [4.69, 9.17) is 5.73 Å². The Kier molecular flexibility index (Phi) is 6.50. The van der Waals surface area contributed by atoms with Crippen LogP contribution in [0.2, 0.25) is 0 Å². The smallest absolute Gasteiger partial charge is 0.0138 e. The molecule has 2 nitrogen and oxygen atoms in total. The lowest BCUT2D eigenvalue weighted by molar-refractivity contribution is 0.0482. The summed E-state index contributed by atoms with van der Waals surface area (Å²) in [5.74, 6) is 1.48. The molecule has 17 heavy (non-hydrogen) atoms. The molecule has 2 N–H and O–H groups in total. The van der Waals surface area contributed by atoms with Crippen molar-refractivity contribution >= 4 is 0 Å². The SMILES string of the molecule is CCC(C(C)C)N(CC)C1CCCCC1CN. The monoisotopic (exact) mass is 240 g/mol. The molecule has 1 rings (SSSR count). The van der Waals surface area contributed by atoms with Crippen molar-refractivity contribution in [1.82, 2.24) is 4.90 Å². The molecule has 0 heterocycles. The van der Waals surface area contributed by atoms with Gasteiger partial charge in [0.25, 0.3) is 0 Å². The van der Waals surface area contributed by atoms with Gasteiger partial charge in [-0.05, 0) is 44.2 Å². The second-order valence-electron chi connectivity index (χ2n) is 5.90. The largest absolute Gasteiger partial charge is 0.330 e. The zero-order chi connectivity index (χ0) is 12.8. The van der Waals surface area contributed by atoms with Crippen LogP contribution in [0.1, 0.15) is 59.8 Å². The van der Waals surface area contributed by atoms with Crippen molar-refractivity contribution in [3.63, 3.8) is 0 Å². The first-order valence-electron chi connectivity index (χ1n) is 7.61. The molecule has 0 saturated heterocycles. The lowest BCUT2D eigenvalue weighted by Crippen LogP contribution is -2.51. The average Bonchev–Trinajstić information content (AvgIpc) is 2.35. The topological polar surface area (TPSA) is 29.3 Å². The first-order chi connectivity index (χ1) is 8.15. The van der Waals surface area contributed by atoms with Crippen LogP contribution in [0.4, 0.5) is 0 Å². The fourth-order valence-electron chi connectivity index (χ4n) is 3.70. The van der Waals surface area contributed by atoms with Gasteiger partial charge in [0.2, 0.25) is 0 Å². The van der Waals surface area contributed by atoms with Crippen molar-refractivity contribution in [2.45, 2.75) is 71.9 Å². The summed E-state index contributed by atoms with van der Waals surface area (Å²) in [6.45, 7) is 11.4. The molecule has 0 bridgehead atoms. The van der Waals surface area contributed by atoms with Gasteiger partial charge in [-0.3, -0.25) is 4.90 Å². The fourth-order valence-corrected chi connectivity index (χ4v) is 3.70. The third-order valence-corrected chi connectivity index (χ3v) is 4.58. The molecule has 0 aromatic heterocycles.